The summed E-state index contributed by atoms with van der Waals surface area (Å²) in [6, 6.07) is 2.72. The number of aryl methyl sites for hydroxylation is 1. The lowest BCUT2D eigenvalue weighted by Crippen LogP contribution is -2.41. The monoisotopic (exact) mass is 208 g/mol. The third kappa shape index (κ3) is 3.04. The molecule has 2 heterocycles. The van der Waals surface area contributed by atoms with E-state index >= 15 is 0 Å². The van der Waals surface area contributed by atoms with Crippen LogP contribution < -0.4 is 10.6 Å². The van der Waals surface area contributed by atoms with Gasteiger partial charge in [0.25, 0.3) is 0 Å². The van der Waals surface area contributed by atoms with Crippen LogP contribution >= 0.6 is 0 Å². The number of aromatic nitrogens is 2. The van der Waals surface area contributed by atoms with E-state index in [2.05, 4.69) is 21.8 Å². The molecule has 0 amide bonds. The normalized spacial score (nSPS) is 21.8. The molecular formula is C11H20N4. The molecule has 1 aliphatic rings. The second-order valence-corrected chi connectivity index (χ2v) is 4.22. The largest absolute Gasteiger partial charge is 0.313 e. The van der Waals surface area contributed by atoms with Crippen LogP contribution in [0.3, 0.4) is 0 Å². The van der Waals surface area contributed by atoms with Crippen molar-refractivity contribution in [2.45, 2.75) is 31.8 Å². The number of nitrogens with zero attached hydrogens (tertiary/aromatic N) is 2. The van der Waals surface area contributed by atoms with Crippen molar-refractivity contribution in [2.75, 3.05) is 13.1 Å². The zero-order chi connectivity index (χ0) is 10.5. The zero-order valence-corrected chi connectivity index (χ0v) is 9.37. The van der Waals surface area contributed by atoms with Crippen LogP contribution in [-0.2, 0) is 13.6 Å². The molecule has 0 aromatic carbocycles. The van der Waals surface area contributed by atoms with E-state index in [4.69, 9.17) is 0 Å². The van der Waals surface area contributed by atoms with Gasteiger partial charge < -0.3 is 10.6 Å². The van der Waals surface area contributed by atoms with E-state index in [9.17, 15) is 0 Å². The highest BCUT2D eigenvalue weighted by Crippen LogP contribution is 2.06. The van der Waals surface area contributed by atoms with Gasteiger partial charge in [0, 0.05) is 32.4 Å². The zero-order valence-electron chi connectivity index (χ0n) is 9.37. The molecule has 84 valence electrons. The van der Waals surface area contributed by atoms with E-state index < -0.39 is 0 Å². The Hall–Kier alpha value is -0.870. The maximum atomic E-state index is 4.14. The first-order valence-corrected chi connectivity index (χ1v) is 5.77. The van der Waals surface area contributed by atoms with Gasteiger partial charge in [0.2, 0.25) is 0 Å². The van der Waals surface area contributed by atoms with Crippen LogP contribution in [0.25, 0.3) is 0 Å². The van der Waals surface area contributed by atoms with Crippen LogP contribution in [0.4, 0.5) is 0 Å². The van der Waals surface area contributed by atoms with Crippen molar-refractivity contribution in [3.05, 3.63) is 18.0 Å². The minimum atomic E-state index is 0.659. The average Bonchev–Trinajstić information content (AvgIpc) is 2.66. The third-order valence-electron chi connectivity index (χ3n) is 3.03. The van der Waals surface area contributed by atoms with Crippen molar-refractivity contribution in [1.29, 1.82) is 0 Å². The molecule has 1 aromatic heterocycles. The quantitative estimate of drug-likeness (QED) is 0.763. The molecule has 4 heteroatoms. The van der Waals surface area contributed by atoms with Crippen molar-refractivity contribution in [1.82, 2.24) is 20.4 Å². The van der Waals surface area contributed by atoms with Crippen LogP contribution in [0.1, 0.15) is 25.0 Å². The van der Waals surface area contributed by atoms with E-state index in [0.29, 0.717) is 6.04 Å². The molecule has 1 fully saturated rings. The molecule has 0 bridgehead atoms. The average molecular weight is 208 g/mol. The molecule has 1 atom stereocenters. The number of nitrogens with one attached hydrogen (secondary N) is 2. The van der Waals surface area contributed by atoms with E-state index in [1.807, 2.05) is 17.9 Å². The van der Waals surface area contributed by atoms with Crippen LogP contribution in [0.5, 0.6) is 0 Å². The van der Waals surface area contributed by atoms with Gasteiger partial charge >= 0.3 is 0 Å². The second-order valence-electron chi connectivity index (χ2n) is 4.22. The Balaban J connectivity index is 1.68. The summed E-state index contributed by atoms with van der Waals surface area (Å²) >= 11 is 0. The second kappa shape index (κ2) is 5.28. The summed E-state index contributed by atoms with van der Waals surface area (Å²) in [7, 11) is 1.98. The molecule has 0 spiro atoms. The molecule has 1 aliphatic heterocycles. The van der Waals surface area contributed by atoms with Gasteiger partial charge in [0.1, 0.15) is 0 Å². The Labute approximate surface area is 91.1 Å². The molecule has 1 aromatic rings. The van der Waals surface area contributed by atoms with Gasteiger partial charge in [-0.2, -0.15) is 5.10 Å². The van der Waals surface area contributed by atoms with Crippen molar-refractivity contribution >= 4 is 0 Å². The first-order valence-electron chi connectivity index (χ1n) is 5.77. The standard InChI is InChI=1S/C11H20N4/c1-15-11(5-7-14-15)9-12-8-10-4-2-3-6-13-10/h5,7,10,12-13H,2-4,6,8-9H2,1H3. The smallest absolute Gasteiger partial charge is 0.0518 e. The summed E-state index contributed by atoms with van der Waals surface area (Å²) in [5.41, 5.74) is 1.24. The SMILES string of the molecule is Cn1nccc1CNCC1CCCCN1. The number of hydrogen-bond acceptors (Lipinski definition) is 3. The Morgan fingerprint density at radius 1 is 1.60 bits per heavy atom. The molecule has 2 rings (SSSR count). The summed E-state index contributed by atoms with van der Waals surface area (Å²) in [6.07, 6.45) is 5.84. The molecule has 0 aliphatic carbocycles. The van der Waals surface area contributed by atoms with Crippen LogP contribution in [0, 0.1) is 0 Å². The van der Waals surface area contributed by atoms with Gasteiger partial charge in [-0.05, 0) is 25.5 Å². The topological polar surface area (TPSA) is 41.9 Å². The Morgan fingerprint density at radius 2 is 2.53 bits per heavy atom. The van der Waals surface area contributed by atoms with Gasteiger partial charge in [0.05, 0.1) is 5.69 Å². The predicted octanol–water partition coefficient (Wildman–Crippen LogP) is 0.652. The molecule has 15 heavy (non-hydrogen) atoms. The van der Waals surface area contributed by atoms with Crippen LogP contribution in [0.2, 0.25) is 0 Å². The Morgan fingerprint density at radius 3 is 3.20 bits per heavy atom. The minimum absolute atomic E-state index is 0.659. The molecular weight excluding hydrogens is 188 g/mol. The van der Waals surface area contributed by atoms with Gasteiger partial charge in [-0.1, -0.05) is 6.42 Å². The molecule has 1 unspecified atom stereocenters. The highest BCUT2D eigenvalue weighted by atomic mass is 15.3. The van der Waals surface area contributed by atoms with Crippen molar-refractivity contribution in [3.8, 4) is 0 Å². The molecule has 1 saturated heterocycles. The third-order valence-corrected chi connectivity index (χ3v) is 3.03. The highest BCUT2D eigenvalue weighted by Gasteiger charge is 2.11. The van der Waals surface area contributed by atoms with Gasteiger partial charge in [-0.15, -0.1) is 0 Å². The maximum absolute atomic E-state index is 4.14. The number of hydrogen-bond donors (Lipinski definition) is 2. The van der Waals surface area contributed by atoms with E-state index in [-0.39, 0.29) is 0 Å². The van der Waals surface area contributed by atoms with Crippen LogP contribution in [-0.4, -0.2) is 28.9 Å². The van der Waals surface area contributed by atoms with Crippen molar-refractivity contribution in [3.63, 3.8) is 0 Å². The van der Waals surface area contributed by atoms with Gasteiger partial charge in [0.15, 0.2) is 0 Å². The first-order chi connectivity index (χ1) is 7.36. The predicted molar refractivity (Wildman–Crippen MR) is 60.6 cm³/mol. The lowest BCUT2D eigenvalue weighted by Gasteiger charge is -2.23. The summed E-state index contributed by atoms with van der Waals surface area (Å²) in [6.45, 7) is 3.15. The summed E-state index contributed by atoms with van der Waals surface area (Å²) in [5.74, 6) is 0. The van der Waals surface area contributed by atoms with Crippen LogP contribution in [0.15, 0.2) is 12.3 Å². The fourth-order valence-electron chi connectivity index (χ4n) is 2.05. The summed E-state index contributed by atoms with van der Waals surface area (Å²) in [4.78, 5) is 0. The minimum Gasteiger partial charge on any atom is -0.313 e. The lowest BCUT2D eigenvalue weighted by molar-refractivity contribution is 0.381. The van der Waals surface area contributed by atoms with Gasteiger partial charge in [-0.25, -0.2) is 0 Å². The van der Waals surface area contributed by atoms with Crippen molar-refractivity contribution < 1.29 is 0 Å². The van der Waals surface area contributed by atoms with E-state index in [1.54, 1.807) is 0 Å². The number of rotatable bonds is 4. The number of piperidine rings is 1. The fourth-order valence-corrected chi connectivity index (χ4v) is 2.05. The fraction of sp³-hybridized carbons (Fsp3) is 0.727. The lowest BCUT2D eigenvalue weighted by atomic mass is 10.1. The van der Waals surface area contributed by atoms with E-state index in [0.717, 1.165) is 13.1 Å². The maximum Gasteiger partial charge on any atom is 0.0518 e. The summed E-state index contributed by atoms with van der Waals surface area (Å²) < 4.78 is 1.92. The first kappa shape index (κ1) is 10.6. The van der Waals surface area contributed by atoms with Gasteiger partial charge in [-0.3, -0.25) is 4.68 Å². The highest BCUT2D eigenvalue weighted by molar-refractivity contribution is 4.99. The van der Waals surface area contributed by atoms with E-state index in [1.165, 1.54) is 31.5 Å². The molecule has 4 nitrogen and oxygen atoms in total. The molecule has 0 radical (unpaired) electrons. The Bertz CT molecular complexity index is 289. The summed E-state index contributed by atoms with van der Waals surface area (Å²) in [5, 5.41) is 11.1. The van der Waals surface area contributed by atoms with Crippen molar-refractivity contribution in [2.24, 2.45) is 7.05 Å². The Kier molecular flexibility index (Phi) is 3.75. The molecule has 0 saturated carbocycles. The molecule has 2 N–H and O–H groups in total.